The smallest absolute Gasteiger partial charge is 0.317 e. The number of amides is 3. The van der Waals surface area contributed by atoms with Crippen molar-refractivity contribution in [3.8, 4) is 0 Å². The van der Waals surface area contributed by atoms with E-state index in [9.17, 15) is 9.59 Å². The first-order chi connectivity index (χ1) is 13.7. The number of urea groups is 1. The number of rotatable bonds is 4. The van der Waals surface area contributed by atoms with Gasteiger partial charge in [-0.15, -0.1) is 11.3 Å². The van der Waals surface area contributed by atoms with Crippen molar-refractivity contribution in [2.45, 2.75) is 6.42 Å². The molecule has 0 saturated carbocycles. The van der Waals surface area contributed by atoms with E-state index in [0.29, 0.717) is 38.6 Å². The Morgan fingerprint density at radius 1 is 0.964 bits per heavy atom. The summed E-state index contributed by atoms with van der Waals surface area (Å²) in [4.78, 5) is 31.7. The molecule has 1 N–H and O–H groups in total. The van der Waals surface area contributed by atoms with E-state index < -0.39 is 0 Å². The van der Waals surface area contributed by atoms with Crippen molar-refractivity contribution in [2.24, 2.45) is 5.92 Å². The van der Waals surface area contributed by atoms with E-state index in [0.717, 1.165) is 24.4 Å². The number of hydrogen-bond donors (Lipinski definition) is 1. The molecule has 1 aromatic heterocycles. The molecule has 2 saturated heterocycles. The van der Waals surface area contributed by atoms with E-state index in [1.807, 2.05) is 33.4 Å². The zero-order valence-electron chi connectivity index (χ0n) is 15.9. The average Bonchev–Trinajstić information content (AvgIpc) is 3.44. The van der Waals surface area contributed by atoms with Gasteiger partial charge in [0.2, 0.25) is 0 Å². The highest BCUT2D eigenvalue weighted by Crippen LogP contribution is 2.23. The second-order valence-electron chi connectivity index (χ2n) is 7.38. The fourth-order valence-electron chi connectivity index (χ4n) is 3.88. The van der Waals surface area contributed by atoms with Gasteiger partial charge in [-0.05, 0) is 35.9 Å². The number of para-hydroxylation sites is 1. The first-order valence-corrected chi connectivity index (χ1v) is 10.7. The number of hydrogen-bond acceptors (Lipinski definition) is 4. The van der Waals surface area contributed by atoms with E-state index in [2.05, 4.69) is 34.5 Å². The molecular formula is C21H26N4O2S. The van der Waals surface area contributed by atoms with Crippen molar-refractivity contribution in [3.63, 3.8) is 0 Å². The van der Waals surface area contributed by atoms with Crippen LogP contribution >= 0.6 is 11.3 Å². The van der Waals surface area contributed by atoms with Crippen LogP contribution in [0.25, 0.3) is 0 Å². The molecule has 28 heavy (non-hydrogen) atoms. The van der Waals surface area contributed by atoms with E-state index >= 15 is 0 Å². The Bertz CT molecular complexity index is 788. The zero-order valence-corrected chi connectivity index (χ0v) is 16.7. The zero-order chi connectivity index (χ0) is 19.3. The number of nitrogens with zero attached hydrogens (tertiary/aromatic N) is 3. The fourth-order valence-corrected chi connectivity index (χ4v) is 4.58. The van der Waals surface area contributed by atoms with Gasteiger partial charge in [0, 0.05) is 51.5 Å². The first-order valence-electron chi connectivity index (χ1n) is 9.86. The summed E-state index contributed by atoms with van der Waals surface area (Å²) in [7, 11) is 0. The van der Waals surface area contributed by atoms with Crippen LogP contribution in [-0.4, -0.2) is 67.6 Å². The minimum absolute atomic E-state index is 0.0126. The monoisotopic (exact) mass is 398 g/mol. The number of carbonyl (C=O) groups excluding carboxylic acids is 2. The second-order valence-corrected chi connectivity index (χ2v) is 8.33. The summed E-state index contributed by atoms with van der Waals surface area (Å²) in [5.41, 5.74) is 1.25. The lowest BCUT2D eigenvalue weighted by molar-refractivity contribution is 0.0669. The van der Waals surface area contributed by atoms with Crippen molar-refractivity contribution in [1.29, 1.82) is 0 Å². The maximum absolute atomic E-state index is 12.5. The Kier molecular flexibility index (Phi) is 5.81. The molecule has 1 atom stereocenters. The average molecular weight is 399 g/mol. The highest BCUT2D eigenvalue weighted by atomic mass is 32.1. The molecule has 7 heteroatoms. The lowest BCUT2D eigenvalue weighted by Gasteiger charge is -2.34. The third-order valence-electron chi connectivity index (χ3n) is 5.54. The number of anilines is 1. The Labute approximate surface area is 169 Å². The molecule has 3 heterocycles. The molecule has 0 aliphatic carbocycles. The van der Waals surface area contributed by atoms with Gasteiger partial charge in [-0.2, -0.15) is 0 Å². The minimum atomic E-state index is -0.0126. The number of thiophene rings is 1. The minimum Gasteiger partial charge on any atom is -0.371 e. The second kappa shape index (κ2) is 8.65. The molecule has 2 aliphatic rings. The molecule has 2 aromatic rings. The van der Waals surface area contributed by atoms with E-state index in [4.69, 9.17) is 0 Å². The van der Waals surface area contributed by atoms with Gasteiger partial charge >= 0.3 is 6.03 Å². The number of carbonyl (C=O) groups is 2. The van der Waals surface area contributed by atoms with Crippen LogP contribution in [0.3, 0.4) is 0 Å². The molecule has 0 spiro atoms. The van der Waals surface area contributed by atoms with Gasteiger partial charge in [-0.25, -0.2) is 4.79 Å². The Balaban J connectivity index is 1.20. The van der Waals surface area contributed by atoms with Crippen molar-refractivity contribution in [2.75, 3.05) is 50.7 Å². The highest BCUT2D eigenvalue weighted by molar-refractivity contribution is 7.12. The van der Waals surface area contributed by atoms with Crippen LogP contribution in [0, 0.1) is 5.92 Å². The Morgan fingerprint density at radius 2 is 1.71 bits per heavy atom. The highest BCUT2D eigenvalue weighted by Gasteiger charge is 2.27. The third kappa shape index (κ3) is 4.30. The van der Waals surface area contributed by atoms with Gasteiger partial charge in [-0.3, -0.25) is 4.79 Å². The molecule has 148 valence electrons. The maximum Gasteiger partial charge on any atom is 0.317 e. The fraction of sp³-hybridized carbons (Fsp3) is 0.429. The molecule has 4 rings (SSSR count). The topological polar surface area (TPSA) is 55.9 Å². The van der Waals surface area contributed by atoms with E-state index in [-0.39, 0.29) is 11.9 Å². The predicted molar refractivity (Wildman–Crippen MR) is 112 cm³/mol. The molecule has 1 unspecified atom stereocenters. The van der Waals surface area contributed by atoms with Gasteiger partial charge in [0.15, 0.2) is 0 Å². The van der Waals surface area contributed by atoms with Gasteiger partial charge in [0.1, 0.15) is 0 Å². The van der Waals surface area contributed by atoms with Crippen LogP contribution in [-0.2, 0) is 0 Å². The number of benzene rings is 1. The molecule has 3 amide bonds. The van der Waals surface area contributed by atoms with Crippen LogP contribution in [0.4, 0.5) is 10.5 Å². The summed E-state index contributed by atoms with van der Waals surface area (Å²) in [5.74, 6) is 0.549. The lowest BCUT2D eigenvalue weighted by Crippen LogP contribution is -2.53. The van der Waals surface area contributed by atoms with Crippen LogP contribution < -0.4 is 10.2 Å². The van der Waals surface area contributed by atoms with Gasteiger partial charge in [0.25, 0.3) is 5.91 Å². The maximum atomic E-state index is 12.5. The van der Waals surface area contributed by atoms with Gasteiger partial charge < -0.3 is 20.0 Å². The van der Waals surface area contributed by atoms with Crippen molar-refractivity contribution >= 4 is 29.0 Å². The lowest BCUT2D eigenvalue weighted by atomic mass is 10.1. The van der Waals surface area contributed by atoms with E-state index in [1.165, 1.54) is 17.0 Å². The van der Waals surface area contributed by atoms with E-state index in [1.54, 1.807) is 0 Å². The van der Waals surface area contributed by atoms with Crippen molar-refractivity contribution in [1.82, 2.24) is 15.1 Å². The van der Waals surface area contributed by atoms with Crippen LogP contribution in [0.15, 0.2) is 47.8 Å². The quantitative estimate of drug-likeness (QED) is 0.862. The summed E-state index contributed by atoms with van der Waals surface area (Å²) in [6.45, 7) is 5.08. The summed E-state index contributed by atoms with van der Waals surface area (Å²) >= 11 is 1.46. The van der Waals surface area contributed by atoms with Gasteiger partial charge in [-0.1, -0.05) is 24.3 Å². The van der Waals surface area contributed by atoms with Crippen molar-refractivity contribution in [3.05, 3.63) is 52.7 Å². The van der Waals surface area contributed by atoms with Crippen LogP contribution in [0.2, 0.25) is 0 Å². The standard InChI is InChI=1S/C21H26N4O2S/c26-20(19-7-4-14-28-19)23-10-12-24(13-11-23)21(27)22-15-17-8-9-25(16-17)18-5-2-1-3-6-18/h1-7,14,17H,8-13,15-16H2,(H,22,27). The molecule has 0 bridgehead atoms. The first kappa shape index (κ1) is 18.8. The SMILES string of the molecule is O=C(NCC1CCN(c2ccccc2)C1)N1CCN(C(=O)c2cccs2)CC1. The summed E-state index contributed by atoms with van der Waals surface area (Å²) in [5, 5.41) is 5.01. The number of piperazine rings is 1. The largest absolute Gasteiger partial charge is 0.371 e. The summed E-state index contributed by atoms with van der Waals surface area (Å²) < 4.78 is 0. The van der Waals surface area contributed by atoms with Gasteiger partial charge in [0.05, 0.1) is 4.88 Å². The third-order valence-corrected chi connectivity index (χ3v) is 6.39. The normalized spacial score (nSPS) is 19.7. The molecule has 0 radical (unpaired) electrons. The molecule has 1 aromatic carbocycles. The predicted octanol–water partition coefficient (Wildman–Crippen LogP) is 2.74. The molecular weight excluding hydrogens is 372 g/mol. The molecule has 6 nitrogen and oxygen atoms in total. The van der Waals surface area contributed by atoms with Crippen LogP contribution in [0.5, 0.6) is 0 Å². The Hall–Kier alpha value is -2.54. The molecule has 2 aliphatic heterocycles. The number of nitrogens with one attached hydrogen (secondary N) is 1. The molecule has 2 fully saturated rings. The summed E-state index contributed by atoms with van der Waals surface area (Å²) in [6, 6.07) is 14.2. The van der Waals surface area contributed by atoms with Crippen molar-refractivity contribution < 1.29 is 9.59 Å². The van der Waals surface area contributed by atoms with Crippen LogP contribution in [0.1, 0.15) is 16.1 Å². The summed E-state index contributed by atoms with van der Waals surface area (Å²) in [6.07, 6.45) is 1.10. The Morgan fingerprint density at radius 3 is 2.43 bits per heavy atom.